The molecule has 1 aliphatic carbocycles. The zero-order chi connectivity index (χ0) is 16.9. The fourth-order valence-corrected chi connectivity index (χ4v) is 2.91. The number of hydrogen-bond donors (Lipinski definition) is 2. The Morgan fingerprint density at radius 3 is 2.74 bits per heavy atom. The van der Waals surface area contributed by atoms with E-state index in [1.807, 2.05) is 24.3 Å². The van der Waals surface area contributed by atoms with Crippen LogP contribution in [0.3, 0.4) is 0 Å². The first-order valence-corrected chi connectivity index (χ1v) is 7.79. The maximum atomic E-state index is 12.0. The molecule has 0 saturated carbocycles. The number of rotatable bonds is 5. The van der Waals surface area contributed by atoms with Gasteiger partial charge in [-0.3, -0.25) is 4.79 Å². The van der Waals surface area contributed by atoms with Crippen LogP contribution in [0, 0.1) is 5.41 Å². The summed E-state index contributed by atoms with van der Waals surface area (Å²) in [5.41, 5.74) is 5.81. The molecule has 2 rings (SSSR count). The second kappa shape index (κ2) is 7.31. The largest absolute Gasteiger partial charge is 0.495 e. The number of allylic oxidation sites excluding steroid dienone is 2. The van der Waals surface area contributed by atoms with E-state index in [9.17, 15) is 4.79 Å². The van der Waals surface area contributed by atoms with Gasteiger partial charge in [-0.2, -0.15) is 5.10 Å². The molecule has 0 bridgehead atoms. The minimum atomic E-state index is -0.183. The zero-order valence-corrected chi connectivity index (χ0v) is 14.3. The number of carbonyl (C=O) groups is 1. The van der Waals surface area contributed by atoms with Crippen molar-refractivity contribution in [2.45, 2.75) is 33.6 Å². The van der Waals surface area contributed by atoms with Gasteiger partial charge in [0.05, 0.1) is 25.1 Å². The number of nitrogens with zero attached hydrogens (tertiary/aromatic N) is 1. The van der Waals surface area contributed by atoms with Crippen LogP contribution in [-0.4, -0.2) is 25.3 Å². The number of hydrazone groups is 1. The topological polar surface area (TPSA) is 62.7 Å². The average molecular weight is 315 g/mol. The van der Waals surface area contributed by atoms with Crippen molar-refractivity contribution in [1.82, 2.24) is 5.43 Å². The predicted molar refractivity (Wildman–Crippen MR) is 93.8 cm³/mol. The van der Waals surface area contributed by atoms with Crippen molar-refractivity contribution >= 4 is 17.3 Å². The zero-order valence-electron chi connectivity index (χ0n) is 14.3. The summed E-state index contributed by atoms with van der Waals surface area (Å²) in [5, 5.41) is 7.31. The highest BCUT2D eigenvalue weighted by Gasteiger charge is 2.24. The molecule has 5 heteroatoms. The van der Waals surface area contributed by atoms with Gasteiger partial charge in [0.2, 0.25) is 0 Å². The third-order valence-corrected chi connectivity index (χ3v) is 3.70. The van der Waals surface area contributed by atoms with E-state index in [4.69, 9.17) is 4.74 Å². The molecule has 0 radical (unpaired) electrons. The standard InChI is InChI=1S/C18H25N3O2/c1-13-9-14(11-18(2,3)10-13)20-21-17(22)12-19-15-7-5-6-8-16(15)23-4/h5-9,19H,10-12H2,1-4H3,(H,21,22)/b20-14+. The summed E-state index contributed by atoms with van der Waals surface area (Å²) in [6.07, 6.45) is 3.99. The van der Waals surface area contributed by atoms with Gasteiger partial charge < -0.3 is 10.1 Å². The minimum Gasteiger partial charge on any atom is -0.495 e. The van der Waals surface area contributed by atoms with E-state index in [1.54, 1.807) is 7.11 Å². The van der Waals surface area contributed by atoms with Crippen molar-refractivity contribution in [2.75, 3.05) is 19.0 Å². The third kappa shape index (κ3) is 5.13. The van der Waals surface area contributed by atoms with Gasteiger partial charge in [-0.25, -0.2) is 5.43 Å². The second-order valence-corrected chi connectivity index (χ2v) is 6.70. The summed E-state index contributed by atoms with van der Waals surface area (Å²) in [6, 6.07) is 7.49. The lowest BCUT2D eigenvalue weighted by molar-refractivity contribution is -0.119. The van der Waals surface area contributed by atoms with Gasteiger partial charge in [0, 0.05) is 0 Å². The third-order valence-electron chi connectivity index (χ3n) is 3.70. The lowest BCUT2D eigenvalue weighted by atomic mass is 9.77. The Hall–Kier alpha value is -2.30. The molecule has 0 spiro atoms. The van der Waals surface area contributed by atoms with Gasteiger partial charge in [0.1, 0.15) is 5.75 Å². The molecule has 0 atom stereocenters. The fraction of sp³-hybridized carbons (Fsp3) is 0.444. The smallest absolute Gasteiger partial charge is 0.259 e. The summed E-state index contributed by atoms with van der Waals surface area (Å²) in [4.78, 5) is 12.0. The number of benzene rings is 1. The highest BCUT2D eigenvalue weighted by molar-refractivity contribution is 5.97. The molecule has 1 aromatic carbocycles. The maximum absolute atomic E-state index is 12.0. The highest BCUT2D eigenvalue weighted by atomic mass is 16.5. The van der Waals surface area contributed by atoms with Crippen LogP contribution < -0.4 is 15.5 Å². The molecule has 0 fully saturated rings. The van der Waals surface area contributed by atoms with Gasteiger partial charge >= 0.3 is 0 Å². The lowest BCUT2D eigenvalue weighted by Gasteiger charge is -2.29. The van der Waals surface area contributed by atoms with Crippen LogP contribution in [0.4, 0.5) is 5.69 Å². The van der Waals surface area contributed by atoms with Crippen molar-refractivity contribution in [2.24, 2.45) is 10.5 Å². The van der Waals surface area contributed by atoms with Crippen molar-refractivity contribution in [3.05, 3.63) is 35.9 Å². The summed E-state index contributed by atoms with van der Waals surface area (Å²) in [6.45, 7) is 6.67. The van der Waals surface area contributed by atoms with Gasteiger partial charge in [-0.15, -0.1) is 0 Å². The Morgan fingerprint density at radius 1 is 1.30 bits per heavy atom. The van der Waals surface area contributed by atoms with E-state index in [1.165, 1.54) is 5.57 Å². The van der Waals surface area contributed by atoms with E-state index in [2.05, 4.69) is 42.7 Å². The summed E-state index contributed by atoms with van der Waals surface area (Å²) in [7, 11) is 1.60. The first-order valence-electron chi connectivity index (χ1n) is 7.79. The van der Waals surface area contributed by atoms with Gasteiger partial charge in [0.25, 0.3) is 5.91 Å². The molecule has 23 heavy (non-hydrogen) atoms. The fourth-order valence-electron chi connectivity index (χ4n) is 2.91. The molecule has 0 unspecified atom stereocenters. The van der Waals surface area contributed by atoms with E-state index >= 15 is 0 Å². The van der Waals surface area contributed by atoms with Crippen molar-refractivity contribution in [1.29, 1.82) is 0 Å². The highest BCUT2D eigenvalue weighted by Crippen LogP contribution is 2.33. The summed E-state index contributed by atoms with van der Waals surface area (Å²) >= 11 is 0. The molecular formula is C18H25N3O2. The van der Waals surface area contributed by atoms with E-state index in [0.717, 1.165) is 24.2 Å². The molecule has 5 nitrogen and oxygen atoms in total. The Bertz CT molecular complexity index is 633. The number of anilines is 1. The number of nitrogens with one attached hydrogen (secondary N) is 2. The Balaban J connectivity index is 1.90. The van der Waals surface area contributed by atoms with Crippen LogP contribution in [0.15, 0.2) is 41.0 Å². The monoisotopic (exact) mass is 315 g/mol. The van der Waals surface area contributed by atoms with Crippen molar-refractivity contribution < 1.29 is 9.53 Å². The van der Waals surface area contributed by atoms with Crippen LogP contribution in [0.25, 0.3) is 0 Å². The Morgan fingerprint density at radius 2 is 2.04 bits per heavy atom. The number of para-hydroxylation sites is 2. The predicted octanol–water partition coefficient (Wildman–Crippen LogP) is 3.35. The molecule has 124 valence electrons. The number of amides is 1. The number of carbonyl (C=O) groups excluding carboxylic acids is 1. The molecule has 1 amide bonds. The van der Waals surface area contributed by atoms with E-state index in [-0.39, 0.29) is 17.9 Å². The minimum absolute atomic E-state index is 0.142. The Kier molecular flexibility index (Phi) is 5.42. The van der Waals surface area contributed by atoms with Gasteiger partial charge in [0.15, 0.2) is 0 Å². The van der Waals surface area contributed by atoms with Gasteiger partial charge in [-0.1, -0.05) is 31.6 Å². The van der Waals surface area contributed by atoms with Crippen molar-refractivity contribution in [3.8, 4) is 5.75 Å². The van der Waals surface area contributed by atoms with Crippen LogP contribution in [-0.2, 0) is 4.79 Å². The summed E-state index contributed by atoms with van der Waals surface area (Å²) in [5.74, 6) is 0.525. The first kappa shape index (κ1) is 17.1. The van der Waals surface area contributed by atoms with Crippen LogP contribution >= 0.6 is 0 Å². The lowest BCUT2D eigenvalue weighted by Crippen LogP contribution is -2.29. The number of ether oxygens (including phenoxy) is 1. The second-order valence-electron chi connectivity index (χ2n) is 6.70. The normalized spacial score (nSPS) is 18.3. The quantitative estimate of drug-likeness (QED) is 0.819. The molecule has 1 aromatic rings. The molecule has 0 saturated heterocycles. The van der Waals surface area contributed by atoms with Crippen molar-refractivity contribution in [3.63, 3.8) is 0 Å². The number of methoxy groups -OCH3 is 1. The molecule has 0 aliphatic heterocycles. The van der Waals surface area contributed by atoms with Gasteiger partial charge in [-0.05, 0) is 43.4 Å². The average Bonchev–Trinajstić information content (AvgIpc) is 2.49. The SMILES string of the molecule is COc1ccccc1NCC(=O)N/N=C1\C=C(C)CC(C)(C)C1. The maximum Gasteiger partial charge on any atom is 0.259 e. The van der Waals surface area contributed by atoms with Crippen LogP contribution in [0.5, 0.6) is 5.75 Å². The summed E-state index contributed by atoms with van der Waals surface area (Å²) < 4.78 is 5.24. The van der Waals surface area contributed by atoms with Crippen LogP contribution in [0.2, 0.25) is 0 Å². The molecule has 2 N–H and O–H groups in total. The molecular weight excluding hydrogens is 290 g/mol. The van der Waals surface area contributed by atoms with E-state index < -0.39 is 0 Å². The first-order chi connectivity index (χ1) is 10.9. The van der Waals surface area contributed by atoms with Crippen LogP contribution in [0.1, 0.15) is 33.6 Å². The van der Waals surface area contributed by atoms with E-state index in [0.29, 0.717) is 5.75 Å². The number of hydrogen-bond acceptors (Lipinski definition) is 4. The Labute approximate surface area is 137 Å². The molecule has 0 heterocycles. The molecule has 0 aromatic heterocycles. The molecule has 1 aliphatic rings.